The summed E-state index contributed by atoms with van der Waals surface area (Å²) in [5, 5.41) is 0. The first-order valence-electron chi connectivity index (χ1n) is 6.55. The summed E-state index contributed by atoms with van der Waals surface area (Å²) in [4.78, 5) is 17.6. The predicted octanol–water partition coefficient (Wildman–Crippen LogP) is 1.93. The molecule has 1 N–H and O–H groups in total. The second-order valence-corrected chi connectivity index (χ2v) is 5.17. The molecular formula is C14H22N2O2. The quantitative estimate of drug-likeness (QED) is 0.830. The van der Waals surface area contributed by atoms with E-state index in [2.05, 4.69) is 9.88 Å². The highest BCUT2D eigenvalue weighted by Gasteiger charge is 2.21. The van der Waals surface area contributed by atoms with Crippen molar-refractivity contribution in [2.24, 2.45) is 0 Å². The van der Waals surface area contributed by atoms with Gasteiger partial charge >= 0.3 is 0 Å². The lowest BCUT2D eigenvalue weighted by atomic mass is 10.1. The number of carbonyl (C=O) groups is 1. The molecule has 0 radical (unpaired) electrons. The van der Waals surface area contributed by atoms with Crippen molar-refractivity contribution < 1.29 is 9.53 Å². The second-order valence-electron chi connectivity index (χ2n) is 5.17. The van der Waals surface area contributed by atoms with E-state index < -0.39 is 0 Å². The number of rotatable bonds is 4. The number of aromatic nitrogens is 1. The van der Waals surface area contributed by atoms with Crippen LogP contribution in [0.2, 0.25) is 0 Å². The van der Waals surface area contributed by atoms with Crippen molar-refractivity contribution in [2.75, 3.05) is 26.8 Å². The zero-order valence-electron chi connectivity index (χ0n) is 11.5. The van der Waals surface area contributed by atoms with E-state index in [9.17, 15) is 4.79 Å². The Balaban J connectivity index is 1.96. The molecule has 0 bridgehead atoms. The average Bonchev–Trinajstić information content (AvgIpc) is 2.69. The molecule has 0 atom stereocenters. The van der Waals surface area contributed by atoms with Gasteiger partial charge < -0.3 is 9.72 Å². The Morgan fingerprint density at radius 1 is 1.44 bits per heavy atom. The van der Waals surface area contributed by atoms with Crippen LogP contribution >= 0.6 is 0 Å². The largest absolute Gasteiger partial charge is 0.381 e. The molecular weight excluding hydrogens is 228 g/mol. The van der Waals surface area contributed by atoms with E-state index in [1.807, 2.05) is 27.0 Å². The molecule has 100 valence electrons. The summed E-state index contributed by atoms with van der Waals surface area (Å²) in [5.74, 6) is 0.200. The molecule has 0 amide bonds. The number of H-pyrrole nitrogens is 1. The van der Waals surface area contributed by atoms with Crippen LogP contribution in [0.4, 0.5) is 0 Å². The molecule has 1 aromatic rings. The molecule has 2 rings (SSSR count). The van der Waals surface area contributed by atoms with Gasteiger partial charge in [0.25, 0.3) is 0 Å². The van der Waals surface area contributed by atoms with Crippen LogP contribution < -0.4 is 0 Å². The van der Waals surface area contributed by atoms with Gasteiger partial charge in [0.2, 0.25) is 0 Å². The van der Waals surface area contributed by atoms with Crippen LogP contribution in [0, 0.1) is 13.8 Å². The number of aromatic amines is 1. The monoisotopic (exact) mass is 250 g/mol. The lowest BCUT2D eigenvalue weighted by Gasteiger charge is -2.30. The minimum Gasteiger partial charge on any atom is -0.381 e. The van der Waals surface area contributed by atoms with E-state index in [4.69, 9.17) is 4.74 Å². The van der Waals surface area contributed by atoms with Crippen molar-refractivity contribution in [3.63, 3.8) is 0 Å². The number of Topliss-reactive ketones (excluding diaryl/α,β-unsaturated/α-hetero) is 1. The summed E-state index contributed by atoms with van der Waals surface area (Å²) in [6.45, 7) is 6.04. The van der Waals surface area contributed by atoms with Gasteiger partial charge in [0, 0.05) is 36.2 Å². The highest BCUT2D eigenvalue weighted by Crippen LogP contribution is 2.15. The van der Waals surface area contributed by atoms with Crippen LogP contribution in [0.15, 0.2) is 6.07 Å². The number of hydrogen-bond donors (Lipinski definition) is 1. The van der Waals surface area contributed by atoms with Crippen LogP contribution in [0.5, 0.6) is 0 Å². The first-order chi connectivity index (χ1) is 8.58. The predicted molar refractivity (Wildman–Crippen MR) is 71.1 cm³/mol. The Hall–Kier alpha value is -1.13. The van der Waals surface area contributed by atoms with Gasteiger partial charge in [-0.3, -0.25) is 9.69 Å². The lowest BCUT2D eigenvalue weighted by Crippen LogP contribution is -2.39. The molecule has 0 aliphatic carbocycles. The Bertz CT molecular complexity index is 419. The average molecular weight is 250 g/mol. The van der Waals surface area contributed by atoms with Gasteiger partial charge in [-0.15, -0.1) is 0 Å². The maximum atomic E-state index is 12.2. The van der Waals surface area contributed by atoms with Gasteiger partial charge in [0.1, 0.15) is 0 Å². The highest BCUT2D eigenvalue weighted by molar-refractivity contribution is 5.98. The first-order valence-corrected chi connectivity index (χ1v) is 6.55. The number of hydrogen-bond acceptors (Lipinski definition) is 3. The number of ketones is 1. The van der Waals surface area contributed by atoms with E-state index in [1.54, 1.807) is 0 Å². The summed E-state index contributed by atoms with van der Waals surface area (Å²) in [5.41, 5.74) is 2.84. The normalized spacial score (nSPS) is 17.3. The molecule has 1 saturated heterocycles. The van der Waals surface area contributed by atoms with E-state index in [0.717, 1.165) is 43.0 Å². The molecule has 1 aromatic heterocycles. The van der Waals surface area contributed by atoms with E-state index in [0.29, 0.717) is 12.6 Å². The molecule has 4 nitrogen and oxygen atoms in total. The number of aryl methyl sites for hydroxylation is 2. The summed E-state index contributed by atoms with van der Waals surface area (Å²) in [6.07, 6.45) is 2.05. The minimum absolute atomic E-state index is 0.200. The maximum Gasteiger partial charge on any atom is 0.178 e. The van der Waals surface area contributed by atoms with Gasteiger partial charge in [-0.2, -0.15) is 0 Å². The van der Waals surface area contributed by atoms with Crippen molar-refractivity contribution in [1.82, 2.24) is 9.88 Å². The Morgan fingerprint density at radius 2 is 2.11 bits per heavy atom. The lowest BCUT2D eigenvalue weighted by molar-refractivity contribution is 0.0418. The molecule has 1 aliphatic rings. The summed E-state index contributed by atoms with van der Waals surface area (Å²) >= 11 is 0. The van der Waals surface area contributed by atoms with Gasteiger partial charge in [-0.25, -0.2) is 0 Å². The standard InChI is InChI=1S/C14H22N2O2/c1-10-8-13(11(2)15-10)14(17)9-16(3)12-4-6-18-7-5-12/h8,12,15H,4-7,9H2,1-3H3. The van der Waals surface area contributed by atoms with Gasteiger partial charge in [0.15, 0.2) is 5.78 Å². The number of carbonyl (C=O) groups excluding carboxylic acids is 1. The molecule has 1 fully saturated rings. The molecule has 4 heteroatoms. The van der Waals surface area contributed by atoms with Gasteiger partial charge in [-0.1, -0.05) is 0 Å². The third-order valence-corrected chi connectivity index (χ3v) is 3.66. The van der Waals surface area contributed by atoms with Crippen LogP contribution in [-0.4, -0.2) is 48.5 Å². The first kappa shape index (κ1) is 13.3. The molecule has 0 saturated carbocycles. The number of nitrogens with one attached hydrogen (secondary N) is 1. The van der Waals surface area contributed by atoms with Crippen molar-refractivity contribution in [1.29, 1.82) is 0 Å². The van der Waals surface area contributed by atoms with Gasteiger partial charge in [-0.05, 0) is 39.8 Å². The molecule has 0 aromatic carbocycles. The van der Waals surface area contributed by atoms with Gasteiger partial charge in [0.05, 0.1) is 6.54 Å². The molecule has 0 unspecified atom stereocenters. The van der Waals surface area contributed by atoms with E-state index in [1.165, 1.54) is 0 Å². The highest BCUT2D eigenvalue weighted by atomic mass is 16.5. The number of likely N-dealkylation sites (N-methyl/N-ethyl adjacent to an activating group) is 1. The fraction of sp³-hybridized carbons (Fsp3) is 0.643. The second kappa shape index (κ2) is 5.67. The Labute approximate surface area is 108 Å². The molecule has 1 aliphatic heterocycles. The Morgan fingerprint density at radius 3 is 2.67 bits per heavy atom. The van der Waals surface area contributed by atoms with Crippen LogP contribution in [0.3, 0.4) is 0 Å². The number of nitrogens with zero attached hydrogens (tertiary/aromatic N) is 1. The third kappa shape index (κ3) is 3.00. The zero-order valence-corrected chi connectivity index (χ0v) is 11.5. The fourth-order valence-corrected chi connectivity index (χ4v) is 2.58. The summed E-state index contributed by atoms with van der Waals surface area (Å²) in [7, 11) is 2.03. The van der Waals surface area contributed by atoms with E-state index >= 15 is 0 Å². The van der Waals surface area contributed by atoms with E-state index in [-0.39, 0.29) is 5.78 Å². The fourth-order valence-electron chi connectivity index (χ4n) is 2.58. The summed E-state index contributed by atoms with van der Waals surface area (Å²) < 4.78 is 5.35. The number of ether oxygens (including phenoxy) is 1. The summed E-state index contributed by atoms with van der Waals surface area (Å²) in [6, 6.07) is 2.42. The zero-order chi connectivity index (χ0) is 13.1. The van der Waals surface area contributed by atoms with Crippen molar-refractivity contribution >= 4 is 5.78 Å². The molecule has 18 heavy (non-hydrogen) atoms. The van der Waals surface area contributed by atoms with Crippen molar-refractivity contribution in [3.8, 4) is 0 Å². The molecule has 0 spiro atoms. The van der Waals surface area contributed by atoms with Crippen LogP contribution in [-0.2, 0) is 4.74 Å². The van der Waals surface area contributed by atoms with Crippen LogP contribution in [0.25, 0.3) is 0 Å². The SMILES string of the molecule is Cc1cc(C(=O)CN(C)C2CCOCC2)c(C)[nH]1. The molecule has 2 heterocycles. The maximum absolute atomic E-state index is 12.2. The van der Waals surface area contributed by atoms with Crippen molar-refractivity contribution in [3.05, 3.63) is 23.0 Å². The third-order valence-electron chi connectivity index (χ3n) is 3.66. The topological polar surface area (TPSA) is 45.3 Å². The van der Waals surface area contributed by atoms with Crippen molar-refractivity contribution in [2.45, 2.75) is 32.7 Å². The Kier molecular flexibility index (Phi) is 4.19. The smallest absolute Gasteiger partial charge is 0.178 e. The van der Waals surface area contributed by atoms with Crippen LogP contribution in [0.1, 0.15) is 34.6 Å². The minimum atomic E-state index is 0.200.